The predicted octanol–water partition coefficient (Wildman–Crippen LogP) is 3.87. The topological polar surface area (TPSA) is 96.8 Å². The van der Waals surface area contributed by atoms with E-state index in [1.54, 1.807) is 18.6 Å². The van der Waals surface area contributed by atoms with Crippen LogP contribution in [0, 0.1) is 0 Å². The maximum atomic E-state index is 11.2. The van der Waals surface area contributed by atoms with Crippen LogP contribution in [0.5, 0.6) is 0 Å². The first-order valence-corrected chi connectivity index (χ1v) is 10.3. The van der Waals surface area contributed by atoms with E-state index in [1.807, 2.05) is 48.0 Å². The van der Waals surface area contributed by atoms with Gasteiger partial charge in [-0.05, 0) is 12.1 Å². The van der Waals surface area contributed by atoms with Gasteiger partial charge >= 0.3 is 0 Å². The third kappa shape index (κ3) is 2.58. The number of hydrogen-bond donors (Lipinski definition) is 2. The second-order valence-electron chi connectivity index (χ2n) is 7.02. The van der Waals surface area contributed by atoms with Crippen LogP contribution in [0.1, 0.15) is 16.8 Å². The minimum Gasteiger partial charge on any atom is -0.357 e. The van der Waals surface area contributed by atoms with Crippen molar-refractivity contribution in [2.75, 3.05) is 0 Å². The zero-order valence-corrected chi connectivity index (χ0v) is 16.4. The van der Waals surface area contributed by atoms with Gasteiger partial charge in [-0.25, -0.2) is 9.97 Å². The van der Waals surface area contributed by atoms with E-state index in [0.29, 0.717) is 17.9 Å². The molecule has 1 aliphatic rings. The molecule has 2 N–H and O–H groups in total. The van der Waals surface area contributed by atoms with Crippen molar-refractivity contribution in [1.29, 1.82) is 0 Å². The van der Waals surface area contributed by atoms with Gasteiger partial charge in [-0.1, -0.05) is 24.3 Å². The minimum atomic E-state index is -1.56. The molecule has 0 spiro atoms. The summed E-state index contributed by atoms with van der Waals surface area (Å²) in [6.45, 7) is 0.326. The van der Waals surface area contributed by atoms with Crippen LogP contribution in [0.15, 0.2) is 66.6 Å². The maximum absolute atomic E-state index is 11.2. The van der Waals surface area contributed by atoms with E-state index < -0.39 is 5.79 Å². The van der Waals surface area contributed by atoms with Crippen molar-refractivity contribution in [2.45, 2.75) is 12.4 Å². The highest BCUT2D eigenvalue weighted by molar-refractivity contribution is 7.13. The van der Waals surface area contributed by atoms with Gasteiger partial charge in [0.15, 0.2) is 5.65 Å². The lowest BCUT2D eigenvalue weighted by Gasteiger charge is -2.22. The number of aliphatic hydroxyl groups is 1. The largest absolute Gasteiger partial charge is 0.357 e. The van der Waals surface area contributed by atoms with Crippen LogP contribution < -0.4 is 0 Å². The van der Waals surface area contributed by atoms with Crippen molar-refractivity contribution in [2.24, 2.45) is 0 Å². The summed E-state index contributed by atoms with van der Waals surface area (Å²) in [5.74, 6) is -1.56. The maximum Gasteiger partial charge on any atom is 0.238 e. The highest BCUT2D eigenvalue weighted by Gasteiger charge is 2.41. The summed E-state index contributed by atoms with van der Waals surface area (Å²) in [5, 5.41) is 14.1. The summed E-state index contributed by atoms with van der Waals surface area (Å²) in [7, 11) is 0. The van der Waals surface area contributed by atoms with Crippen LogP contribution in [0.25, 0.3) is 33.0 Å². The number of rotatable bonds is 3. The average Bonchev–Trinajstić information content (AvgIpc) is 3.52. The molecule has 0 fully saturated rings. The zero-order chi connectivity index (χ0) is 20.1. The van der Waals surface area contributed by atoms with Crippen molar-refractivity contribution in [3.8, 4) is 21.8 Å². The zero-order valence-electron chi connectivity index (χ0n) is 15.6. The number of ether oxygens (including phenoxy) is 1. The normalized spacial score (nSPS) is 18.0. The van der Waals surface area contributed by atoms with Gasteiger partial charge < -0.3 is 14.8 Å². The number of nitrogens with zero attached hydrogens (tertiary/aromatic N) is 4. The van der Waals surface area contributed by atoms with Crippen molar-refractivity contribution in [3.63, 3.8) is 0 Å². The lowest BCUT2D eigenvalue weighted by Crippen LogP contribution is -2.27. The fraction of sp³-hybridized carbons (Fsp3) is 0.0909. The number of pyridine rings is 1. The molecular weight excluding hydrogens is 398 g/mol. The number of fused-ring (bicyclic) bond motifs is 2. The Bertz CT molecular complexity index is 1400. The van der Waals surface area contributed by atoms with E-state index in [4.69, 9.17) is 9.72 Å². The van der Waals surface area contributed by atoms with Gasteiger partial charge in [0.1, 0.15) is 16.2 Å². The highest BCUT2D eigenvalue weighted by Crippen LogP contribution is 2.40. The smallest absolute Gasteiger partial charge is 0.238 e. The Morgan fingerprint density at radius 3 is 2.97 bits per heavy atom. The summed E-state index contributed by atoms with van der Waals surface area (Å²) in [6.07, 6.45) is 6.87. The van der Waals surface area contributed by atoms with Crippen LogP contribution in [-0.2, 0) is 17.1 Å². The Morgan fingerprint density at radius 1 is 1.07 bits per heavy atom. The minimum absolute atomic E-state index is 0.326. The van der Waals surface area contributed by atoms with Gasteiger partial charge in [0, 0.05) is 46.9 Å². The van der Waals surface area contributed by atoms with Crippen molar-refractivity contribution < 1.29 is 9.84 Å². The number of thiazole rings is 1. The van der Waals surface area contributed by atoms with Crippen LogP contribution >= 0.6 is 11.3 Å². The van der Waals surface area contributed by atoms with Gasteiger partial charge in [0.2, 0.25) is 5.79 Å². The van der Waals surface area contributed by atoms with E-state index >= 15 is 0 Å². The number of nitrogens with one attached hydrogen (secondary N) is 1. The molecule has 4 aromatic heterocycles. The van der Waals surface area contributed by atoms with Crippen molar-refractivity contribution in [3.05, 3.63) is 83.4 Å². The molecule has 0 radical (unpaired) electrons. The fourth-order valence-corrected chi connectivity index (χ4v) is 4.61. The number of H-pyrrole nitrogens is 1. The predicted molar refractivity (Wildman–Crippen MR) is 112 cm³/mol. The number of aromatic amines is 1. The van der Waals surface area contributed by atoms with Crippen molar-refractivity contribution >= 4 is 22.5 Å². The molecule has 1 aromatic carbocycles. The van der Waals surface area contributed by atoms with Gasteiger partial charge in [-0.3, -0.25) is 9.97 Å². The van der Waals surface area contributed by atoms with E-state index in [2.05, 4.69) is 19.9 Å². The molecule has 0 unspecified atom stereocenters. The van der Waals surface area contributed by atoms with Gasteiger partial charge in [-0.2, -0.15) is 0 Å². The third-order valence-electron chi connectivity index (χ3n) is 5.24. The number of aromatic nitrogens is 5. The Hall–Kier alpha value is -3.46. The summed E-state index contributed by atoms with van der Waals surface area (Å²) < 4.78 is 5.76. The molecule has 0 saturated heterocycles. The van der Waals surface area contributed by atoms with Crippen LogP contribution in [-0.4, -0.2) is 30.0 Å². The highest BCUT2D eigenvalue weighted by atomic mass is 32.1. The molecule has 146 valence electrons. The van der Waals surface area contributed by atoms with Crippen LogP contribution in [0.2, 0.25) is 0 Å². The molecule has 6 rings (SSSR count). The Labute approximate surface area is 175 Å². The standard InChI is InChI=1S/C22H15N5O2S/c28-22(19-14(11-29-22)4-2-6-24-19)15-5-1-3-13(9-15)17-12-30-21(27-17)16-10-26-20-18(16)23-7-8-25-20/h1-10,12,28H,11H2,(H,25,26)/t22-/m1/s1. The van der Waals surface area contributed by atoms with Gasteiger partial charge in [0.05, 0.1) is 17.9 Å². The first kappa shape index (κ1) is 17.4. The quantitative estimate of drug-likeness (QED) is 0.466. The number of hydrogen-bond acceptors (Lipinski definition) is 7. The van der Waals surface area contributed by atoms with E-state index in [-0.39, 0.29) is 0 Å². The molecule has 7 nitrogen and oxygen atoms in total. The molecule has 0 bridgehead atoms. The second-order valence-corrected chi connectivity index (χ2v) is 7.88. The molecule has 1 atom stereocenters. The molecule has 1 aliphatic heterocycles. The van der Waals surface area contributed by atoms with Gasteiger partial charge in [0.25, 0.3) is 0 Å². The number of benzene rings is 1. The third-order valence-corrected chi connectivity index (χ3v) is 6.12. The Balaban J connectivity index is 1.40. The lowest BCUT2D eigenvalue weighted by molar-refractivity contribution is -0.172. The molecule has 8 heteroatoms. The van der Waals surface area contributed by atoms with E-state index in [9.17, 15) is 5.11 Å². The molecule has 30 heavy (non-hydrogen) atoms. The molecule has 0 saturated carbocycles. The van der Waals surface area contributed by atoms with Crippen molar-refractivity contribution in [1.82, 2.24) is 24.9 Å². The summed E-state index contributed by atoms with van der Waals surface area (Å²) >= 11 is 1.54. The summed E-state index contributed by atoms with van der Waals surface area (Å²) in [5.41, 5.74) is 6.22. The lowest BCUT2D eigenvalue weighted by atomic mass is 9.98. The first-order chi connectivity index (χ1) is 14.7. The van der Waals surface area contributed by atoms with E-state index in [1.165, 1.54) is 11.3 Å². The molecule has 0 amide bonds. The SMILES string of the molecule is O[C@]1(c2cccc(-c3csc(-c4c[nH]c5nccnc45)n3)c2)OCc2cccnc21. The van der Waals surface area contributed by atoms with E-state index in [0.717, 1.165) is 38.6 Å². The van der Waals surface area contributed by atoms with Crippen LogP contribution in [0.3, 0.4) is 0 Å². The van der Waals surface area contributed by atoms with Crippen LogP contribution in [0.4, 0.5) is 0 Å². The molecule has 5 heterocycles. The summed E-state index contributed by atoms with van der Waals surface area (Å²) in [6, 6.07) is 11.4. The monoisotopic (exact) mass is 413 g/mol. The molecule has 0 aliphatic carbocycles. The first-order valence-electron chi connectivity index (χ1n) is 9.38. The Morgan fingerprint density at radius 2 is 2.00 bits per heavy atom. The fourth-order valence-electron chi connectivity index (χ4n) is 3.76. The average molecular weight is 413 g/mol. The van der Waals surface area contributed by atoms with Gasteiger partial charge in [-0.15, -0.1) is 11.3 Å². The second kappa shape index (κ2) is 6.53. The molecular formula is C22H15N5O2S. The molecule has 5 aromatic rings. The Kier molecular flexibility index (Phi) is 3.79. The summed E-state index contributed by atoms with van der Waals surface area (Å²) in [4.78, 5) is 21.0.